The number of rotatable bonds is 10. The zero-order chi connectivity index (χ0) is 31.4. The lowest BCUT2D eigenvalue weighted by atomic mass is 9.99. The van der Waals surface area contributed by atoms with Crippen LogP contribution in [0.15, 0.2) is 78.0 Å². The van der Waals surface area contributed by atoms with Gasteiger partial charge in [0.25, 0.3) is 0 Å². The molecule has 5 rings (SSSR count). The predicted molar refractivity (Wildman–Crippen MR) is 164 cm³/mol. The molecule has 0 radical (unpaired) electrons. The van der Waals surface area contributed by atoms with Gasteiger partial charge in [-0.15, -0.1) is 13.2 Å². The average Bonchev–Trinajstić information content (AvgIpc) is 3.58. The highest BCUT2D eigenvalue weighted by Crippen LogP contribution is 2.34. The minimum Gasteiger partial charge on any atom is -0.406 e. The third kappa shape index (κ3) is 7.77. The molecule has 9 nitrogen and oxygen atoms in total. The number of aryl methyl sites for hydroxylation is 3. The van der Waals surface area contributed by atoms with Crippen LogP contribution in [-0.4, -0.2) is 49.4 Å². The van der Waals surface area contributed by atoms with Gasteiger partial charge >= 0.3 is 6.36 Å². The van der Waals surface area contributed by atoms with Gasteiger partial charge in [-0.05, 0) is 78.4 Å². The predicted octanol–water partition coefficient (Wildman–Crippen LogP) is 6.21. The quantitative estimate of drug-likeness (QED) is 0.202. The number of nitrogens with zero attached hydrogens (tertiary/aromatic N) is 5. The standard InChI is InChI=1S/C31H31F3N6O3S/c1-19(2)25-14-4-20(3)16-26(25)40-28(41)17-44-30(40)37-29(42)36-22-8-5-21(6-9-22)7-15-27-35-18-39(38-27)23-10-12-24(13-11-23)43-31(32,33)34/h4-6,8-14,16,18-19,29,36,42H,7,15,17H2,1-3H3/b37-30-. The number of thioether (sulfide) groups is 1. The van der Waals surface area contributed by atoms with E-state index in [2.05, 4.69) is 39.0 Å². The number of aliphatic imine (C=N–C) groups is 1. The Kier molecular flexibility index (Phi) is 9.25. The summed E-state index contributed by atoms with van der Waals surface area (Å²) in [4.78, 5) is 23.1. The number of halogens is 3. The molecule has 13 heteroatoms. The maximum absolute atomic E-state index is 12.8. The fraction of sp³-hybridized carbons (Fsp3) is 0.290. The molecule has 2 N–H and O–H groups in total. The van der Waals surface area contributed by atoms with Gasteiger partial charge in [-0.1, -0.05) is 49.9 Å². The molecule has 1 aliphatic heterocycles. The second kappa shape index (κ2) is 13.1. The third-order valence-corrected chi connectivity index (χ3v) is 7.75. The number of nitrogens with one attached hydrogen (secondary N) is 1. The zero-order valence-electron chi connectivity index (χ0n) is 24.2. The Morgan fingerprint density at radius 1 is 1.07 bits per heavy atom. The number of alkyl halides is 3. The van der Waals surface area contributed by atoms with Gasteiger partial charge in [0.05, 0.1) is 17.1 Å². The maximum Gasteiger partial charge on any atom is 0.573 e. The van der Waals surface area contributed by atoms with Gasteiger partial charge in [0.1, 0.15) is 12.1 Å². The van der Waals surface area contributed by atoms with Gasteiger partial charge in [0.15, 0.2) is 11.0 Å². The van der Waals surface area contributed by atoms with E-state index in [0.717, 1.165) is 22.4 Å². The van der Waals surface area contributed by atoms with Crippen molar-refractivity contribution < 1.29 is 27.8 Å². The first-order valence-corrected chi connectivity index (χ1v) is 14.9. The average molecular weight is 625 g/mol. The molecular formula is C31H31F3N6O3S. The molecule has 230 valence electrons. The highest BCUT2D eigenvalue weighted by atomic mass is 32.2. The molecule has 0 aliphatic carbocycles. The Hall–Kier alpha value is -4.36. The minimum absolute atomic E-state index is 0.0782. The Morgan fingerprint density at radius 2 is 1.80 bits per heavy atom. The Labute approximate surface area is 256 Å². The van der Waals surface area contributed by atoms with Crippen LogP contribution in [0.2, 0.25) is 0 Å². The normalized spacial score (nSPS) is 15.3. The van der Waals surface area contributed by atoms with Crippen LogP contribution < -0.4 is 15.0 Å². The summed E-state index contributed by atoms with van der Waals surface area (Å²) in [6, 6.07) is 18.9. The minimum atomic E-state index is -4.75. The SMILES string of the molecule is Cc1ccc(C(C)C)c(N2C(=O)CS/C2=N\C(O)Nc2ccc(CCc3ncn(-c4ccc(OC(F)(F)F)cc4)n3)cc2)c1. The number of ether oxygens (including phenoxy) is 1. The second-order valence-electron chi connectivity index (χ2n) is 10.5. The smallest absolute Gasteiger partial charge is 0.406 e. The highest BCUT2D eigenvalue weighted by Gasteiger charge is 2.32. The first kappa shape index (κ1) is 31.1. The van der Waals surface area contributed by atoms with Gasteiger partial charge < -0.3 is 15.2 Å². The molecule has 1 aromatic heterocycles. The van der Waals surface area contributed by atoms with Crippen LogP contribution in [0.3, 0.4) is 0 Å². The van der Waals surface area contributed by atoms with Crippen molar-refractivity contribution in [1.82, 2.24) is 14.8 Å². The number of amides is 1. The Balaban J connectivity index is 1.18. The second-order valence-corrected chi connectivity index (χ2v) is 11.5. The molecule has 1 unspecified atom stereocenters. The van der Waals surface area contributed by atoms with E-state index in [-0.39, 0.29) is 23.3 Å². The molecule has 0 spiro atoms. The molecule has 3 aromatic carbocycles. The molecule has 1 fully saturated rings. The summed E-state index contributed by atoms with van der Waals surface area (Å²) >= 11 is 1.29. The van der Waals surface area contributed by atoms with Gasteiger partial charge in [0.2, 0.25) is 12.3 Å². The van der Waals surface area contributed by atoms with Crippen LogP contribution in [0.25, 0.3) is 5.69 Å². The van der Waals surface area contributed by atoms with Gasteiger partial charge in [-0.3, -0.25) is 9.69 Å². The van der Waals surface area contributed by atoms with Gasteiger partial charge in [0, 0.05) is 12.1 Å². The first-order valence-electron chi connectivity index (χ1n) is 13.9. The molecule has 0 saturated carbocycles. The van der Waals surface area contributed by atoms with E-state index >= 15 is 0 Å². The van der Waals surface area contributed by atoms with Crippen molar-refractivity contribution in [2.45, 2.75) is 52.2 Å². The fourth-order valence-electron chi connectivity index (χ4n) is 4.68. The summed E-state index contributed by atoms with van der Waals surface area (Å²) < 4.78 is 42.5. The topological polar surface area (TPSA) is 105 Å². The number of hydrogen-bond acceptors (Lipinski definition) is 8. The molecule has 1 saturated heterocycles. The summed E-state index contributed by atoms with van der Waals surface area (Å²) in [5.74, 6) is 0.654. The van der Waals surface area contributed by atoms with Crippen LogP contribution in [0.5, 0.6) is 5.75 Å². The number of amidine groups is 1. The number of aliphatic hydroxyl groups is 1. The molecule has 0 bridgehead atoms. The fourth-order valence-corrected chi connectivity index (χ4v) is 5.56. The lowest BCUT2D eigenvalue weighted by Gasteiger charge is -2.23. The number of carbonyl (C=O) groups excluding carboxylic acids is 1. The van der Waals surface area contributed by atoms with E-state index < -0.39 is 12.7 Å². The molecule has 2 heterocycles. The van der Waals surface area contributed by atoms with E-state index in [4.69, 9.17) is 0 Å². The number of anilines is 2. The summed E-state index contributed by atoms with van der Waals surface area (Å²) in [5.41, 5.74) is 5.09. The van der Waals surface area contributed by atoms with Crippen molar-refractivity contribution in [3.05, 3.63) is 95.6 Å². The van der Waals surface area contributed by atoms with Crippen molar-refractivity contribution >= 4 is 34.2 Å². The van der Waals surface area contributed by atoms with Crippen molar-refractivity contribution in [1.29, 1.82) is 0 Å². The van der Waals surface area contributed by atoms with E-state index in [9.17, 15) is 23.1 Å². The highest BCUT2D eigenvalue weighted by molar-refractivity contribution is 8.15. The summed E-state index contributed by atoms with van der Waals surface area (Å²) in [6.45, 7) is 6.12. The van der Waals surface area contributed by atoms with E-state index in [1.807, 2.05) is 49.4 Å². The van der Waals surface area contributed by atoms with Crippen molar-refractivity contribution in [3.63, 3.8) is 0 Å². The van der Waals surface area contributed by atoms with Gasteiger partial charge in [-0.25, -0.2) is 14.7 Å². The molecule has 1 aliphatic rings. The monoisotopic (exact) mass is 624 g/mol. The Morgan fingerprint density at radius 3 is 2.48 bits per heavy atom. The zero-order valence-corrected chi connectivity index (χ0v) is 25.1. The number of benzene rings is 3. The largest absolute Gasteiger partial charge is 0.573 e. The van der Waals surface area contributed by atoms with Crippen LogP contribution in [0, 0.1) is 6.92 Å². The molecule has 1 atom stereocenters. The van der Waals surface area contributed by atoms with E-state index in [1.165, 1.54) is 47.0 Å². The van der Waals surface area contributed by atoms with Crippen LogP contribution in [0.4, 0.5) is 24.5 Å². The van der Waals surface area contributed by atoms with Crippen LogP contribution >= 0.6 is 11.8 Å². The lowest BCUT2D eigenvalue weighted by molar-refractivity contribution is -0.274. The van der Waals surface area contributed by atoms with Gasteiger partial charge in [-0.2, -0.15) is 5.10 Å². The molecular weight excluding hydrogens is 593 g/mol. The number of carbonyl (C=O) groups is 1. The lowest BCUT2D eigenvalue weighted by Crippen LogP contribution is -2.32. The summed E-state index contributed by atoms with van der Waals surface area (Å²) in [7, 11) is 0. The van der Waals surface area contributed by atoms with Crippen molar-refractivity contribution in [2.24, 2.45) is 4.99 Å². The Bertz CT molecular complexity index is 1640. The molecule has 4 aromatic rings. The van der Waals surface area contributed by atoms with E-state index in [0.29, 0.717) is 35.2 Å². The van der Waals surface area contributed by atoms with E-state index in [1.54, 1.807) is 4.90 Å². The maximum atomic E-state index is 12.8. The van der Waals surface area contributed by atoms with Crippen molar-refractivity contribution in [2.75, 3.05) is 16.0 Å². The van der Waals surface area contributed by atoms with Crippen molar-refractivity contribution in [3.8, 4) is 11.4 Å². The number of aliphatic hydroxyl groups excluding tert-OH is 1. The first-order chi connectivity index (χ1) is 20.9. The summed E-state index contributed by atoms with van der Waals surface area (Å²) in [5, 5.41) is 18.5. The molecule has 44 heavy (non-hydrogen) atoms. The number of hydrogen-bond donors (Lipinski definition) is 2. The van der Waals surface area contributed by atoms with Crippen LogP contribution in [0.1, 0.15) is 42.3 Å². The van der Waals surface area contributed by atoms with Crippen LogP contribution in [-0.2, 0) is 17.6 Å². The molecule has 1 amide bonds. The third-order valence-electron chi connectivity index (χ3n) is 6.81. The number of aromatic nitrogens is 3. The summed E-state index contributed by atoms with van der Waals surface area (Å²) in [6.07, 6.45) is -3.31.